The van der Waals surface area contributed by atoms with Crippen LogP contribution in [0.4, 0.5) is 0 Å². The maximum atomic E-state index is 13.1. The van der Waals surface area contributed by atoms with Crippen LogP contribution in [0.2, 0.25) is 0 Å². The van der Waals surface area contributed by atoms with Gasteiger partial charge in [-0.1, -0.05) is 25.5 Å². The Morgan fingerprint density at radius 3 is 2.66 bits per heavy atom. The Kier molecular flexibility index (Phi) is 12.3. The van der Waals surface area contributed by atoms with Crippen molar-refractivity contribution in [2.75, 3.05) is 26.0 Å². The summed E-state index contributed by atoms with van der Waals surface area (Å²) in [7, 11) is 1.49. The first-order chi connectivity index (χ1) is 18.2. The van der Waals surface area contributed by atoms with E-state index >= 15 is 0 Å². The molecule has 2 heterocycles. The molecular formula is C26H39BrN2O8S. The van der Waals surface area contributed by atoms with Crippen LogP contribution < -0.4 is 10.6 Å². The maximum absolute atomic E-state index is 13.1. The summed E-state index contributed by atoms with van der Waals surface area (Å²) in [6.45, 7) is 4.67. The minimum absolute atomic E-state index is 0.0433. The number of nitrogens with one attached hydrogen (secondary N) is 2. The van der Waals surface area contributed by atoms with E-state index in [0.717, 1.165) is 37.6 Å². The van der Waals surface area contributed by atoms with Gasteiger partial charge >= 0.3 is 5.97 Å². The van der Waals surface area contributed by atoms with Gasteiger partial charge in [-0.3, -0.25) is 4.79 Å². The second kappa shape index (κ2) is 14.9. The van der Waals surface area contributed by atoms with Gasteiger partial charge in [0.1, 0.15) is 36.5 Å². The summed E-state index contributed by atoms with van der Waals surface area (Å²) in [5.74, 6) is -0.0118. The molecule has 2 saturated heterocycles. The largest absolute Gasteiger partial charge is 0.461 e. The van der Waals surface area contributed by atoms with Crippen LogP contribution >= 0.6 is 27.7 Å². The number of aliphatic hydroxyl groups excluding tert-OH is 3. The van der Waals surface area contributed by atoms with Crippen LogP contribution in [0.3, 0.4) is 0 Å². The molecule has 0 bridgehead atoms. The van der Waals surface area contributed by atoms with Crippen LogP contribution in [0.25, 0.3) is 0 Å². The Bertz CT molecular complexity index is 927. The number of esters is 1. The Morgan fingerprint density at radius 1 is 1.24 bits per heavy atom. The summed E-state index contributed by atoms with van der Waals surface area (Å²) in [6.07, 6.45) is -3.12. The Morgan fingerprint density at radius 2 is 1.97 bits per heavy atom. The lowest BCUT2D eigenvalue weighted by Crippen LogP contribution is -2.66. The van der Waals surface area contributed by atoms with E-state index in [1.807, 2.05) is 0 Å². The molecule has 38 heavy (non-hydrogen) atoms. The molecule has 0 aromatic heterocycles. The monoisotopic (exact) mass is 618 g/mol. The van der Waals surface area contributed by atoms with E-state index in [0.29, 0.717) is 16.0 Å². The van der Waals surface area contributed by atoms with E-state index in [-0.39, 0.29) is 24.3 Å². The first-order valence-electron chi connectivity index (χ1n) is 13.0. The summed E-state index contributed by atoms with van der Waals surface area (Å²) in [5.41, 5.74) is -0.530. The average molecular weight is 620 g/mol. The van der Waals surface area contributed by atoms with E-state index in [4.69, 9.17) is 14.2 Å². The summed E-state index contributed by atoms with van der Waals surface area (Å²) >= 11 is 4.46. The third-order valence-corrected chi connectivity index (χ3v) is 8.89. The number of methoxy groups -OCH3 is 1. The Hall–Kier alpha value is -1.25. The molecule has 10 nitrogen and oxygen atoms in total. The Labute approximate surface area is 236 Å². The lowest BCUT2D eigenvalue weighted by molar-refractivity contribution is -0.212. The number of carbonyl (C=O) groups excluding carboxylic acids is 2. The highest BCUT2D eigenvalue weighted by Gasteiger charge is 2.49. The lowest BCUT2D eigenvalue weighted by atomic mass is 9.91. The highest BCUT2D eigenvalue weighted by Crippen LogP contribution is 2.31. The number of carbonyl (C=O) groups is 2. The zero-order chi connectivity index (χ0) is 27.8. The van der Waals surface area contributed by atoms with Crippen LogP contribution in [0.1, 0.15) is 43.5 Å². The number of halogens is 1. The minimum atomic E-state index is -1.50. The molecule has 0 aliphatic carbocycles. The number of aliphatic hydroxyl groups is 3. The van der Waals surface area contributed by atoms with Crippen LogP contribution in [-0.4, -0.2) is 101 Å². The zero-order valence-electron chi connectivity index (χ0n) is 21.9. The van der Waals surface area contributed by atoms with Crippen molar-refractivity contribution in [1.82, 2.24) is 10.6 Å². The number of hydrogen-bond acceptors (Lipinski definition) is 10. The van der Waals surface area contributed by atoms with E-state index in [1.54, 1.807) is 31.2 Å². The van der Waals surface area contributed by atoms with Crippen LogP contribution in [0.5, 0.6) is 0 Å². The fraction of sp³-hybridized carbons (Fsp3) is 0.692. The zero-order valence-corrected chi connectivity index (χ0v) is 24.3. The molecular weight excluding hydrogens is 580 g/mol. The molecule has 0 spiro atoms. The van der Waals surface area contributed by atoms with Crippen molar-refractivity contribution in [3.8, 4) is 0 Å². The third-order valence-electron chi connectivity index (χ3n) is 7.07. The SMILES string of the molecule is CCC[C@H]1CN[C@H](C(=O)N[C@@H]([C@H]2O[C@H](SCCOC(=O)c3ccccc3Br)[C@H](O)[C@@H](O)[C@H]2O)[C@@H](C)OC)C1. The molecule has 2 aliphatic rings. The van der Waals surface area contributed by atoms with E-state index in [2.05, 4.69) is 33.5 Å². The van der Waals surface area contributed by atoms with Crippen molar-refractivity contribution in [3.05, 3.63) is 34.3 Å². The van der Waals surface area contributed by atoms with Crippen molar-refractivity contribution in [3.63, 3.8) is 0 Å². The van der Waals surface area contributed by atoms with Gasteiger partial charge in [0.15, 0.2) is 0 Å². The molecule has 12 heteroatoms. The standard InChI is InChI=1S/C26H39BrN2O8S/c1-4-7-15-12-18(28-13-15)24(33)29-19(14(2)35-3)23-21(31)20(30)22(32)26(37-23)38-11-10-36-25(34)16-8-5-6-9-17(16)27/h5-6,8-9,14-15,18-23,26,28,30-32H,4,7,10-13H2,1-3H3,(H,29,33)/t14-,15-,18+,19-,20+,21-,22-,23-,26-/m1/s1. The van der Waals surface area contributed by atoms with Gasteiger partial charge in [0.2, 0.25) is 5.91 Å². The molecule has 9 atom stereocenters. The molecule has 214 valence electrons. The molecule has 1 aromatic carbocycles. The molecule has 1 amide bonds. The van der Waals surface area contributed by atoms with Crippen LogP contribution in [0, 0.1) is 5.92 Å². The molecule has 0 saturated carbocycles. The van der Waals surface area contributed by atoms with Crippen molar-refractivity contribution < 1.29 is 39.1 Å². The highest BCUT2D eigenvalue weighted by atomic mass is 79.9. The first-order valence-corrected chi connectivity index (χ1v) is 14.8. The van der Waals surface area contributed by atoms with E-state index in [1.165, 1.54) is 7.11 Å². The van der Waals surface area contributed by atoms with Crippen molar-refractivity contribution >= 4 is 39.6 Å². The fourth-order valence-electron chi connectivity index (χ4n) is 4.83. The Balaban J connectivity index is 1.60. The summed E-state index contributed by atoms with van der Waals surface area (Å²) in [4.78, 5) is 25.4. The van der Waals surface area contributed by atoms with Crippen molar-refractivity contribution in [2.45, 2.75) is 81.1 Å². The second-order valence-corrected chi connectivity index (χ2v) is 11.8. The summed E-state index contributed by atoms with van der Waals surface area (Å²) < 4.78 is 17.5. The predicted molar refractivity (Wildman–Crippen MR) is 147 cm³/mol. The van der Waals surface area contributed by atoms with E-state index in [9.17, 15) is 24.9 Å². The fourth-order valence-corrected chi connectivity index (χ4v) is 6.25. The number of amides is 1. The van der Waals surface area contributed by atoms with Crippen LogP contribution in [-0.2, 0) is 19.0 Å². The summed E-state index contributed by atoms with van der Waals surface area (Å²) in [6, 6.07) is 5.77. The smallest absolute Gasteiger partial charge is 0.339 e. The molecule has 0 unspecified atom stereocenters. The van der Waals surface area contributed by atoms with Gasteiger partial charge < -0.3 is 40.2 Å². The van der Waals surface area contributed by atoms with Gasteiger partial charge in [0, 0.05) is 17.3 Å². The molecule has 5 N–H and O–H groups in total. The lowest BCUT2D eigenvalue weighted by Gasteiger charge is -2.44. The topological polar surface area (TPSA) is 147 Å². The number of benzene rings is 1. The predicted octanol–water partition coefficient (Wildman–Crippen LogP) is 1.44. The third kappa shape index (κ3) is 7.91. The molecule has 0 radical (unpaired) electrons. The van der Waals surface area contributed by atoms with E-state index < -0.39 is 48.0 Å². The maximum Gasteiger partial charge on any atom is 0.339 e. The summed E-state index contributed by atoms with van der Waals surface area (Å²) in [5, 5.41) is 38.2. The van der Waals surface area contributed by atoms with Gasteiger partial charge in [0.05, 0.1) is 23.8 Å². The molecule has 2 fully saturated rings. The van der Waals surface area contributed by atoms with Crippen LogP contribution in [0.15, 0.2) is 28.7 Å². The molecule has 1 aromatic rings. The van der Waals surface area contributed by atoms with Gasteiger partial charge in [-0.05, 0) is 60.3 Å². The average Bonchev–Trinajstić information content (AvgIpc) is 3.38. The normalized spacial score (nSPS) is 31.0. The molecule has 2 aliphatic heterocycles. The van der Waals surface area contributed by atoms with Crippen molar-refractivity contribution in [1.29, 1.82) is 0 Å². The van der Waals surface area contributed by atoms with Gasteiger partial charge in [-0.15, -0.1) is 11.8 Å². The van der Waals surface area contributed by atoms with Gasteiger partial charge in [0.25, 0.3) is 0 Å². The second-order valence-electron chi connectivity index (χ2n) is 9.75. The minimum Gasteiger partial charge on any atom is -0.461 e. The number of rotatable bonds is 12. The van der Waals surface area contributed by atoms with Gasteiger partial charge in [-0.25, -0.2) is 4.79 Å². The first kappa shape index (κ1) is 31.3. The molecule has 3 rings (SSSR count). The number of hydrogen-bond donors (Lipinski definition) is 5. The number of ether oxygens (including phenoxy) is 3. The highest BCUT2D eigenvalue weighted by molar-refractivity contribution is 9.10. The van der Waals surface area contributed by atoms with Gasteiger partial charge in [-0.2, -0.15) is 0 Å². The number of thioether (sulfide) groups is 1. The van der Waals surface area contributed by atoms with Crippen molar-refractivity contribution in [2.24, 2.45) is 5.92 Å². The quantitative estimate of drug-likeness (QED) is 0.172.